The van der Waals surface area contributed by atoms with Crippen LogP contribution in [0.15, 0.2) is 24.3 Å². The summed E-state index contributed by atoms with van der Waals surface area (Å²) < 4.78 is 5.46. The second-order valence-corrected chi connectivity index (χ2v) is 18.6. The summed E-state index contributed by atoms with van der Waals surface area (Å²) in [6, 6.07) is -0.631. The maximum Gasteiger partial charge on any atom is 0.305 e. The summed E-state index contributed by atoms with van der Waals surface area (Å²) in [5, 5.41) is 23.0. The van der Waals surface area contributed by atoms with E-state index < -0.39 is 12.1 Å². The van der Waals surface area contributed by atoms with Gasteiger partial charge in [0.05, 0.1) is 25.4 Å². The lowest BCUT2D eigenvalue weighted by atomic mass is 10.0. The number of aliphatic hydroxyl groups excluding tert-OH is 2. The van der Waals surface area contributed by atoms with Crippen molar-refractivity contribution in [1.29, 1.82) is 0 Å². The third-order valence-corrected chi connectivity index (χ3v) is 12.5. The molecule has 0 aromatic heterocycles. The largest absolute Gasteiger partial charge is 0.466 e. The lowest BCUT2D eigenvalue weighted by Gasteiger charge is -2.20. The normalized spacial score (nSPS) is 12.8. The van der Waals surface area contributed by atoms with Crippen LogP contribution in [0.5, 0.6) is 0 Å². The minimum atomic E-state index is -0.847. The maximum atomic E-state index is 12.4. The van der Waals surface area contributed by atoms with Gasteiger partial charge in [0, 0.05) is 12.8 Å². The number of aliphatic hydroxyl groups is 2. The zero-order chi connectivity index (χ0) is 44.4. The van der Waals surface area contributed by atoms with Gasteiger partial charge in [0.15, 0.2) is 0 Å². The molecule has 2 unspecified atom stereocenters. The van der Waals surface area contributed by atoms with Gasteiger partial charge >= 0.3 is 5.97 Å². The fourth-order valence-corrected chi connectivity index (χ4v) is 8.27. The molecule has 0 saturated heterocycles. The number of allylic oxidation sites excluding steroid dienone is 3. The third kappa shape index (κ3) is 47.7. The Balaban J connectivity index is 3.43. The molecule has 0 spiro atoms. The van der Waals surface area contributed by atoms with E-state index in [0.29, 0.717) is 19.4 Å². The molecule has 0 fully saturated rings. The lowest BCUT2D eigenvalue weighted by Crippen LogP contribution is -2.45. The molecule has 0 radical (unpaired) electrons. The first-order valence-electron chi connectivity index (χ1n) is 27.1. The molecule has 6 heteroatoms. The first-order chi connectivity index (χ1) is 30.0. The monoisotopic (exact) mass is 860 g/mol. The van der Waals surface area contributed by atoms with Crippen LogP contribution in [0.1, 0.15) is 290 Å². The van der Waals surface area contributed by atoms with E-state index in [1.807, 2.05) is 6.08 Å². The predicted octanol–water partition coefficient (Wildman–Crippen LogP) is 16.3. The highest BCUT2D eigenvalue weighted by Crippen LogP contribution is 2.16. The van der Waals surface area contributed by atoms with E-state index in [9.17, 15) is 19.8 Å². The van der Waals surface area contributed by atoms with Crippen LogP contribution in [0.25, 0.3) is 0 Å². The van der Waals surface area contributed by atoms with Crippen molar-refractivity contribution in [3.63, 3.8) is 0 Å². The topological polar surface area (TPSA) is 95.9 Å². The molecule has 360 valence electrons. The SMILES string of the molecule is CCCCCCCCCCC/C=C/C(O)C(CO)NC(=O)CCCCCCCCC/C=C\CCCCCCCCCCCCOC(=O)CCCCCCCCCCCCCC. The van der Waals surface area contributed by atoms with E-state index in [-0.39, 0.29) is 18.5 Å². The van der Waals surface area contributed by atoms with Crippen molar-refractivity contribution in [2.45, 2.75) is 302 Å². The number of unbranched alkanes of at least 4 members (excludes halogenated alkanes) is 37. The Kier molecular flexibility index (Phi) is 49.6. The summed E-state index contributed by atoms with van der Waals surface area (Å²) in [4.78, 5) is 24.4. The number of carbonyl (C=O) groups is 2. The molecular weight excluding hydrogens is 755 g/mol. The Hall–Kier alpha value is -1.66. The lowest BCUT2D eigenvalue weighted by molar-refractivity contribution is -0.143. The minimum absolute atomic E-state index is 0.00793. The van der Waals surface area contributed by atoms with Crippen LogP contribution in [0, 0.1) is 0 Å². The van der Waals surface area contributed by atoms with Crippen LogP contribution >= 0.6 is 0 Å². The van der Waals surface area contributed by atoms with Gasteiger partial charge in [-0.15, -0.1) is 0 Å². The summed E-state index contributed by atoms with van der Waals surface area (Å²) in [7, 11) is 0. The average Bonchev–Trinajstić information content (AvgIpc) is 3.26. The first-order valence-corrected chi connectivity index (χ1v) is 27.1. The van der Waals surface area contributed by atoms with Crippen LogP contribution in [-0.4, -0.2) is 47.4 Å². The quantitative estimate of drug-likeness (QED) is 0.0322. The Morgan fingerprint density at radius 3 is 1.16 bits per heavy atom. The number of esters is 1. The summed E-state index contributed by atoms with van der Waals surface area (Å²) in [5.74, 6) is -0.0690. The van der Waals surface area contributed by atoms with Gasteiger partial charge in [-0.2, -0.15) is 0 Å². The molecule has 0 aromatic rings. The molecule has 0 aliphatic rings. The number of ether oxygens (including phenoxy) is 1. The van der Waals surface area contributed by atoms with Crippen molar-refractivity contribution in [3.8, 4) is 0 Å². The molecule has 0 aliphatic carbocycles. The Bertz CT molecular complexity index is 951. The molecule has 0 heterocycles. The molecule has 6 nitrogen and oxygen atoms in total. The first kappa shape index (κ1) is 59.3. The van der Waals surface area contributed by atoms with Gasteiger partial charge in [-0.1, -0.05) is 244 Å². The number of hydrogen-bond donors (Lipinski definition) is 3. The zero-order valence-corrected chi connectivity index (χ0v) is 40.9. The Morgan fingerprint density at radius 2 is 0.770 bits per heavy atom. The van der Waals surface area contributed by atoms with E-state index in [0.717, 1.165) is 44.9 Å². The van der Waals surface area contributed by atoms with Gasteiger partial charge in [0.25, 0.3) is 0 Å². The van der Waals surface area contributed by atoms with Gasteiger partial charge < -0.3 is 20.3 Å². The van der Waals surface area contributed by atoms with Crippen molar-refractivity contribution in [2.24, 2.45) is 0 Å². The van der Waals surface area contributed by atoms with E-state index >= 15 is 0 Å². The smallest absolute Gasteiger partial charge is 0.305 e. The molecule has 0 aliphatic heterocycles. The number of nitrogens with one attached hydrogen (secondary N) is 1. The zero-order valence-electron chi connectivity index (χ0n) is 40.9. The molecule has 0 saturated carbocycles. The van der Waals surface area contributed by atoms with Crippen molar-refractivity contribution in [2.75, 3.05) is 13.2 Å². The van der Waals surface area contributed by atoms with Crippen molar-refractivity contribution in [3.05, 3.63) is 24.3 Å². The van der Waals surface area contributed by atoms with Gasteiger partial charge in [0.2, 0.25) is 5.91 Å². The predicted molar refractivity (Wildman–Crippen MR) is 264 cm³/mol. The van der Waals surface area contributed by atoms with E-state index in [2.05, 4.69) is 31.3 Å². The van der Waals surface area contributed by atoms with Gasteiger partial charge in [-0.3, -0.25) is 9.59 Å². The summed E-state index contributed by atoms with van der Waals surface area (Å²) in [6.45, 7) is 4.88. The van der Waals surface area contributed by atoms with Gasteiger partial charge in [-0.05, 0) is 57.8 Å². The molecule has 0 rings (SSSR count). The Labute approximate surface area is 380 Å². The number of rotatable bonds is 50. The summed E-state index contributed by atoms with van der Waals surface area (Å²) in [6.07, 6.45) is 60.5. The summed E-state index contributed by atoms with van der Waals surface area (Å²) in [5.41, 5.74) is 0. The number of carbonyl (C=O) groups excluding carboxylic acids is 2. The fraction of sp³-hybridized carbons (Fsp3) is 0.891. The van der Waals surface area contributed by atoms with Crippen molar-refractivity contribution in [1.82, 2.24) is 5.32 Å². The van der Waals surface area contributed by atoms with Crippen LogP contribution < -0.4 is 5.32 Å². The fourth-order valence-electron chi connectivity index (χ4n) is 8.27. The van der Waals surface area contributed by atoms with Gasteiger partial charge in [0.1, 0.15) is 0 Å². The average molecular weight is 860 g/mol. The standard InChI is InChI=1S/C55H105NO5/c1-3-5-7-9-11-13-15-29-33-37-41-45-49-55(60)61-50-46-42-38-34-30-26-24-22-20-18-16-17-19-21-23-25-28-32-36-40-44-48-54(59)56-52(51-57)53(58)47-43-39-35-31-27-14-12-10-8-6-4-2/h17,19,43,47,52-53,57-58H,3-16,18,20-42,44-46,48-51H2,1-2H3,(H,56,59)/b19-17-,47-43+. The van der Waals surface area contributed by atoms with Crippen LogP contribution in [0.3, 0.4) is 0 Å². The molecule has 0 bridgehead atoms. The highest BCUT2D eigenvalue weighted by atomic mass is 16.5. The third-order valence-electron chi connectivity index (χ3n) is 12.5. The molecule has 61 heavy (non-hydrogen) atoms. The second-order valence-electron chi connectivity index (χ2n) is 18.6. The molecular formula is C55H105NO5. The highest BCUT2D eigenvalue weighted by molar-refractivity contribution is 5.76. The van der Waals surface area contributed by atoms with Crippen molar-refractivity contribution >= 4 is 11.9 Å². The summed E-state index contributed by atoms with van der Waals surface area (Å²) >= 11 is 0. The number of hydrogen-bond acceptors (Lipinski definition) is 5. The van der Waals surface area contributed by atoms with E-state index in [1.165, 1.54) is 218 Å². The van der Waals surface area contributed by atoms with Crippen LogP contribution in [0.4, 0.5) is 0 Å². The van der Waals surface area contributed by atoms with Crippen LogP contribution in [0.2, 0.25) is 0 Å². The Morgan fingerprint density at radius 1 is 0.443 bits per heavy atom. The van der Waals surface area contributed by atoms with E-state index in [1.54, 1.807) is 6.08 Å². The molecule has 0 aromatic carbocycles. The molecule has 2 atom stereocenters. The highest BCUT2D eigenvalue weighted by Gasteiger charge is 2.18. The van der Waals surface area contributed by atoms with E-state index in [4.69, 9.17) is 4.74 Å². The van der Waals surface area contributed by atoms with Crippen LogP contribution in [-0.2, 0) is 14.3 Å². The molecule has 1 amide bonds. The van der Waals surface area contributed by atoms with Gasteiger partial charge in [-0.25, -0.2) is 0 Å². The molecule has 3 N–H and O–H groups in total. The maximum absolute atomic E-state index is 12.4. The minimum Gasteiger partial charge on any atom is -0.466 e. The van der Waals surface area contributed by atoms with Crippen molar-refractivity contribution < 1.29 is 24.5 Å². The second kappa shape index (κ2) is 51.0. The number of amides is 1.